The molecule has 1 aromatic carbocycles. The Labute approximate surface area is 100 Å². The minimum atomic E-state index is -0.0306. The average Bonchev–Trinajstić information content (AvgIpc) is 2.35. The van der Waals surface area contributed by atoms with Gasteiger partial charge in [0.2, 0.25) is 0 Å². The summed E-state index contributed by atoms with van der Waals surface area (Å²) in [5.74, 6) is -0.0306. The first-order valence-electron chi connectivity index (χ1n) is 5.40. The molecular weight excluding hydrogens is 212 g/mol. The maximum absolute atomic E-state index is 11.8. The summed E-state index contributed by atoms with van der Waals surface area (Å²) in [4.78, 5) is 17.9. The molecule has 1 heterocycles. The molecule has 17 heavy (non-hydrogen) atoms. The lowest BCUT2D eigenvalue weighted by Crippen LogP contribution is -2.03. The monoisotopic (exact) mass is 226 g/mol. The van der Waals surface area contributed by atoms with E-state index in [1.54, 1.807) is 18.5 Å². The first-order chi connectivity index (χ1) is 8.16. The molecule has 0 spiro atoms. The molecule has 1 aromatic heterocycles. The van der Waals surface area contributed by atoms with Crippen molar-refractivity contribution >= 4 is 16.7 Å². The number of hydrogen-bond donors (Lipinski definition) is 0. The smallest absolute Gasteiger partial charge is 0.188 e. The van der Waals surface area contributed by atoms with Gasteiger partial charge in [-0.25, -0.2) is 0 Å². The highest BCUT2D eigenvalue weighted by Crippen LogP contribution is 2.13. The third kappa shape index (κ3) is 2.69. The molecule has 0 aliphatic rings. The van der Waals surface area contributed by atoms with Crippen molar-refractivity contribution in [3.05, 3.63) is 54.4 Å². The summed E-state index contributed by atoms with van der Waals surface area (Å²) in [6, 6.07) is 9.62. The molecule has 86 valence electrons. The third-order valence-corrected chi connectivity index (χ3v) is 2.40. The Hall–Kier alpha value is -2.16. The van der Waals surface area contributed by atoms with Crippen LogP contribution in [0.25, 0.3) is 10.9 Å². The highest BCUT2D eigenvalue weighted by molar-refractivity contribution is 6.05. The summed E-state index contributed by atoms with van der Waals surface area (Å²) in [7, 11) is 3.75. The van der Waals surface area contributed by atoms with Crippen LogP contribution in [0.5, 0.6) is 0 Å². The zero-order chi connectivity index (χ0) is 12.3. The molecule has 0 bridgehead atoms. The number of pyridine rings is 1. The molecule has 0 saturated heterocycles. The second kappa shape index (κ2) is 4.78. The summed E-state index contributed by atoms with van der Waals surface area (Å²) in [5.41, 5.74) is 1.52. The Balaban J connectivity index is 2.33. The lowest BCUT2D eigenvalue weighted by Gasteiger charge is -2.03. The number of hydrogen-bond acceptors (Lipinski definition) is 3. The van der Waals surface area contributed by atoms with Gasteiger partial charge >= 0.3 is 0 Å². The van der Waals surface area contributed by atoms with Crippen LogP contribution in [0, 0.1) is 0 Å². The minimum absolute atomic E-state index is 0.0306. The number of ketones is 1. The van der Waals surface area contributed by atoms with Gasteiger partial charge < -0.3 is 4.90 Å². The predicted octanol–water partition coefficient (Wildman–Crippen LogP) is 2.49. The fraction of sp³-hybridized carbons (Fsp3) is 0.143. The van der Waals surface area contributed by atoms with E-state index in [1.165, 1.54) is 0 Å². The molecule has 3 heteroatoms. The number of carbonyl (C=O) groups excluding carboxylic acids is 1. The average molecular weight is 226 g/mol. The van der Waals surface area contributed by atoms with Gasteiger partial charge in [0, 0.05) is 43.5 Å². The molecule has 0 amide bonds. The highest BCUT2D eigenvalue weighted by Gasteiger charge is 2.03. The van der Waals surface area contributed by atoms with Gasteiger partial charge in [0.15, 0.2) is 5.78 Å². The number of allylic oxidation sites excluding steroid dienone is 1. The van der Waals surface area contributed by atoms with Crippen molar-refractivity contribution in [1.29, 1.82) is 0 Å². The molecule has 0 saturated carbocycles. The second-order valence-electron chi connectivity index (χ2n) is 4.06. The largest absolute Gasteiger partial charge is 0.383 e. The van der Waals surface area contributed by atoms with Gasteiger partial charge in [-0.2, -0.15) is 0 Å². The van der Waals surface area contributed by atoms with Gasteiger partial charge in [-0.1, -0.05) is 18.2 Å². The molecule has 0 aliphatic heterocycles. The number of aromatic nitrogens is 1. The van der Waals surface area contributed by atoms with Crippen LogP contribution in [-0.4, -0.2) is 29.8 Å². The standard InChI is InChI=1S/C14H14N2O/c1-16(2)8-7-14(17)12-9-11-5-3-4-6-13(11)15-10-12/h3-10H,1-2H3/b8-7+. The number of benzene rings is 1. The van der Waals surface area contributed by atoms with E-state index in [2.05, 4.69) is 4.98 Å². The van der Waals surface area contributed by atoms with Crippen LogP contribution >= 0.6 is 0 Å². The van der Waals surface area contributed by atoms with Crippen molar-refractivity contribution < 1.29 is 4.79 Å². The van der Waals surface area contributed by atoms with Gasteiger partial charge in [0.05, 0.1) is 5.52 Å². The lowest BCUT2D eigenvalue weighted by molar-refractivity contribution is 0.104. The first kappa shape index (κ1) is 11.3. The predicted molar refractivity (Wildman–Crippen MR) is 68.9 cm³/mol. The number of fused-ring (bicyclic) bond motifs is 1. The van der Waals surface area contributed by atoms with Gasteiger partial charge in [0.25, 0.3) is 0 Å². The molecular formula is C14H14N2O. The Morgan fingerprint density at radius 1 is 1.29 bits per heavy atom. The normalized spacial score (nSPS) is 10.9. The van der Waals surface area contributed by atoms with E-state index in [-0.39, 0.29) is 5.78 Å². The summed E-state index contributed by atoms with van der Waals surface area (Å²) in [5, 5.41) is 0.983. The van der Waals surface area contributed by atoms with Crippen molar-refractivity contribution in [3.8, 4) is 0 Å². The first-order valence-corrected chi connectivity index (χ1v) is 5.40. The topological polar surface area (TPSA) is 33.2 Å². The number of carbonyl (C=O) groups is 1. The van der Waals surface area contributed by atoms with Crippen LogP contribution in [0.1, 0.15) is 10.4 Å². The Bertz CT molecular complexity index is 573. The molecule has 2 aromatic rings. The molecule has 0 radical (unpaired) electrons. The van der Waals surface area contributed by atoms with Crippen LogP contribution in [0.4, 0.5) is 0 Å². The van der Waals surface area contributed by atoms with Gasteiger partial charge in [-0.3, -0.25) is 9.78 Å². The molecule has 0 N–H and O–H groups in total. The lowest BCUT2D eigenvalue weighted by atomic mass is 10.1. The minimum Gasteiger partial charge on any atom is -0.383 e. The highest BCUT2D eigenvalue weighted by atomic mass is 16.1. The van der Waals surface area contributed by atoms with Crippen molar-refractivity contribution in [2.45, 2.75) is 0 Å². The van der Waals surface area contributed by atoms with E-state index in [0.29, 0.717) is 5.56 Å². The van der Waals surface area contributed by atoms with Gasteiger partial charge in [-0.05, 0) is 12.1 Å². The molecule has 0 atom stereocenters. The summed E-state index contributed by atoms with van der Waals surface area (Å²) < 4.78 is 0. The molecule has 0 unspecified atom stereocenters. The molecule has 3 nitrogen and oxygen atoms in total. The molecule has 2 rings (SSSR count). The molecule has 0 aliphatic carbocycles. The van der Waals surface area contributed by atoms with Gasteiger partial charge in [-0.15, -0.1) is 0 Å². The van der Waals surface area contributed by atoms with Crippen molar-refractivity contribution in [1.82, 2.24) is 9.88 Å². The Morgan fingerprint density at radius 2 is 2.06 bits per heavy atom. The van der Waals surface area contributed by atoms with Crippen LogP contribution < -0.4 is 0 Å². The zero-order valence-electron chi connectivity index (χ0n) is 9.92. The van der Waals surface area contributed by atoms with Crippen molar-refractivity contribution in [2.24, 2.45) is 0 Å². The van der Waals surface area contributed by atoms with Crippen LogP contribution in [-0.2, 0) is 0 Å². The van der Waals surface area contributed by atoms with E-state index < -0.39 is 0 Å². The maximum Gasteiger partial charge on any atom is 0.188 e. The summed E-state index contributed by atoms with van der Waals surface area (Å²) >= 11 is 0. The summed E-state index contributed by atoms with van der Waals surface area (Å²) in [6.07, 6.45) is 4.90. The fourth-order valence-electron chi connectivity index (χ4n) is 1.52. The van der Waals surface area contributed by atoms with Crippen LogP contribution in [0.15, 0.2) is 48.8 Å². The Kier molecular flexibility index (Phi) is 3.19. The Morgan fingerprint density at radius 3 is 2.82 bits per heavy atom. The van der Waals surface area contributed by atoms with Crippen molar-refractivity contribution in [3.63, 3.8) is 0 Å². The van der Waals surface area contributed by atoms with E-state index in [4.69, 9.17) is 0 Å². The summed E-state index contributed by atoms with van der Waals surface area (Å²) in [6.45, 7) is 0. The van der Waals surface area contributed by atoms with Crippen LogP contribution in [0.2, 0.25) is 0 Å². The number of para-hydroxylation sites is 1. The van der Waals surface area contributed by atoms with E-state index in [0.717, 1.165) is 10.9 Å². The van der Waals surface area contributed by atoms with E-state index >= 15 is 0 Å². The van der Waals surface area contributed by atoms with Crippen molar-refractivity contribution in [2.75, 3.05) is 14.1 Å². The third-order valence-electron chi connectivity index (χ3n) is 2.40. The second-order valence-corrected chi connectivity index (χ2v) is 4.06. The van der Waals surface area contributed by atoms with Crippen LogP contribution in [0.3, 0.4) is 0 Å². The number of nitrogens with zero attached hydrogens (tertiary/aromatic N) is 2. The van der Waals surface area contributed by atoms with E-state index in [1.807, 2.05) is 49.3 Å². The maximum atomic E-state index is 11.8. The number of rotatable bonds is 3. The molecule has 0 fully saturated rings. The van der Waals surface area contributed by atoms with Gasteiger partial charge in [0.1, 0.15) is 0 Å². The SMILES string of the molecule is CN(C)/C=C/C(=O)c1cnc2ccccc2c1. The van der Waals surface area contributed by atoms with E-state index in [9.17, 15) is 4.79 Å². The fourth-order valence-corrected chi connectivity index (χ4v) is 1.52. The quantitative estimate of drug-likeness (QED) is 0.595. The zero-order valence-corrected chi connectivity index (χ0v) is 9.92.